The third-order valence-corrected chi connectivity index (χ3v) is 9.60. The Morgan fingerprint density at radius 3 is 2.08 bits per heavy atom. The molecule has 1 atom stereocenters. The number of halogens is 1. The summed E-state index contributed by atoms with van der Waals surface area (Å²) in [6.45, 7) is -0.694. The Labute approximate surface area is 215 Å². The van der Waals surface area contributed by atoms with Crippen LogP contribution in [0.2, 0.25) is 5.02 Å². The van der Waals surface area contributed by atoms with E-state index >= 15 is 0 Å². The molecular weight excluding hydrogens is 524 g/mol. The van der Waals surface area contributed by atoms with Crippen molar-refractivity contribution in [3.05, 3.63) is 95.5 Å². The van der Waals surface area contributed by atoms with Crippen LogP contribution in [0, 0.1) is 0 Å². The predicted molar refractivity (Wildman–Crippen MR) is 137 cm³/mol. The highest BCUT2D eigenvalue weighted by Gasteiger charge is 2.43. The number of benzene rings is 3. The van der Waals surface area contributed by atoms with Crippen LogP contribution >= 0.6 is 11.6 Å². The highest BCUT2D eigenvalue weighted by Crippen LogP contribution is 2.25. The molecule has 0 saturated carbocycles. The van der Waals surface area contributed by atoms with E-state index in [0.717, 1.165) is 8.61 Å². The lowest BCUT2D eigenvalue weighted by Crippen LogP contribution is -2.60. The van der Waals surface area contributed by atoms with Gasteiger partial charge < -0.3 is 0 Å². The largest absolute Gasteiger partial charge is 0.271 e. The number of amides is 1. The molecule has 12 heteroatoms. The van der Waals surface area contributed by atoms with Crippen molar-refractivity contribution in [2.75, 3.05) is 19.6 Å². The summed E-state index contributed by atoms with van der Waals surface area (Å²) >= 11 is 5.96. The van der Waals surface area contributed by atoms with E-state index in [0.29, 0.717) is 10.6 Å². The topological polar surface area (TPSA) is 116 Å². The quantitative estimate of drug-likeness (QED) is 0.361. The number of piperazine rings is 1. The van der Waals surface area contributed by atoms with E-state index in [2.05, 4.69) is 10.5 Å². The molecule has 1 fully saturated rings. The monoisotopic (exact) mass is 546 g/mol. The van der Waals surface area contributed by atoms with Crippen molar-refractivity contribution in [2.45, 2.75) is 15.8 Å². The molecule has 4 rings (SSSR count). The van der Waals surface area contributed by atoms with Crippen molar-refractivity contribution in [1.29, 1.82) is 0 Å². The van der Waals surface area contributed by atoms with Crippen LogP contribution in [0.3, 0.4) is 0 Å². The SMILES string of the molecule is O=C(N/N=C/c1cccc(Cl)c1)[C@H]1CN(S(=O)(=O)c2ccccc2)CCN1S(=O)(=O)c1ccccc1. The second-order valence-electron chi connectivity index (χ2n) is 7.91. The van der Waals surface area contributed by atoms with Crippen LogP contribution in [0.1, 0.15) is 5.56 Å². The molecule has 0 unspecified atom stereocenters. The van der Waals surface area contributed by atoms with Gasteiger partial charge in [0.25, 0.3) is 5.91 Å². The molecule has 0 aliphatic carbocycles. The first-order chi connectivity index (χ1) is 17.2. The molecule has 188 valence electrons. The molecule has 1 aliphatic heterocycles. The maximum atomic E-state index is 13.4. The maximum Gasteiger partial charge on any atom is 0.259 e. The fraction of sp³-hybridized carbons (Fsp3) is 0.167. The van der Waals surface area contributed by atoms with Crippen LogP contribution in [0.5, 0.6) is 0 Å². The molecule has 0 aromatic heterocycles. The first kappa shape index (κ1) is 26.0. The van der Waals surface area contributed by atoms with Crippen molar-refractivity contribution in [2.24, 2.45) is 5.10 Å². The summed E-state index contributed by atoms with van der Waals surface area (Å²) in [5.74, 6) is -0.763. The zero-order valence-corrected chi connectivity index (χ0v) is 21.3. The second-order valence-corrected chi connectivity index (χ2v) is 12.2. The Balaban J connectivity index is 1.63. The Hall–Kier alpha value is -3.09. The van der Waals surface area contributed by atoms with Gasteiger partial charge in [0.05, 0.1) is 16.0 Å². The van der Waals surface area contributed by atoms with E-state index in [-0.39, 0.29) is 29.4 Å². The molecule has 0 spiro atoms. The predicted octanol–water partition coefficient (Wildman–Crippen LogP) is 2.55. The molecule has 0 bridgehead atoms. The number of hydrogen-bond donors (Lipinski definition) is 1. The molecule has 1 aliphatic rings. The molecule has 1 heterocycles. The fourth-order valence-electron chi connectivity index (χ4n) is 3.76. The summed E-state index contributed by atoms with van der Waals surface area (Å²) in [7, 11) is -8.04. The lowest BCUT2D eigenvalue weighted by Gasteiger charge is -2.38. The Morgan fingerprint density at radius 1 is 0.861 bits per heavy atom. The van der Waals surface area contributed by atoms with Crippen molar-refractivity contribution in [3.8, 4) is 0 Å². The van der Waals surface area contributed by atoms with Crippen molar-refractivity contribution in [3.63, 3.8) is 0 Å². The van der Waals surface area contributed by atoms with Crippen molar-refractivity contribution in [1.82, 2.24) is 14.0 Å². The van der Waals surface area contributed by atoms with Gasteiger partial charge in [0.2, 0.25) is 20.0 Å². The molecule has 1 N–H and O–H groups in total. The Bertz CT molecular complexity index is 1470. The van der Waals surface area contributed by atoms with E-state index in [1.54, 1.807) is 60.7 Å². The van der Waals surface area contributed by atoms with E-state index in [9.17, 15) is 21.6 Å². The van der Waals surface area contributed by atoms with Crippen LogP contribution in [0.15, 0.2) is 99.8 Å². The maximum absolute atomic E-state index is 13.4. The van der Waals surface area contributed by atoms with Crippen LogP contribution in [-0.4, -0.2) is 63.2 Å². The van der Waals surface area contributed by atoms with Gasteiger partial charge in [0.15, 0.2) is 0 Å². The molecule has 9 nitrogen and oxygen atoms in total. The summed E-state index contributed by atoms with van der Waals surface area (Å²) in [5.41, 5.74) is 2.96. The molecule has 36 heavy (non-hydrogen) atoms. The fourth-order valence-corrected chi connectivity index (χ4v) is 7.01. The van der Waals surface area contributed by atoms with Gasteiger partial charge in [-0.1, -0.05) is 60.1 Å². The third-order valence-electron chi connectivity index (χ3n) is 5.56. The number of nitrogens with one attached hydrogen (secondary N) is 1. The van der Waals surface area contributed by atoms with Crippen molar-refractivity contribution >= 4 is 43.8 Å². The van der Waals surface area contributed by atoms with Crippen LogP contribution < -0.4 is 5.43 Å². The number of sulfonamides is 2. The number of nitrogens with zero attached hydrogens (tertiary/aromatic N) is 3. The van der Waals surface area contributed by atoms with Crippen LogP contribution in [-0.2, 0) is 24.8 Å². The molecule has 0 radical (unpaired) electrons. The Morgan fingerprint density at radius 2 is 1.47 bits per heavy atom. The first-order valence-corrected chi connectivity index (χ1v) is 14.2. The van der Waals surface area contributed by atoms with E-state index in [4.69, 9.17) is 11.6 Å². The summed E-state index contributed by atoms with van der Waals surface area (Å²) in [5, 5.41) is 4.41. The first-order valence-electron chi connectivity index (χ1n) is 10.9. The average molecular weight is 547 g/mol. The minimum atomic E-state index is -4.09. The number of rotatable bonds is 7. The summed E-state index contributed by atoms with van der Waals surface area (Å²) in [6.07, 6.45) is 1.36. The van der Waals surface area contributed by atoms with Crippen LogP contribution in [0.4, 0.5) is 0 Å². The average Bonchev–Trinajstić information content (AvgIpc) is 2.89. The van der Waals surface area contributed by atoms with Gasteiger partial charge >= 0.3 is 0 Å². The summed E-state index contributed by atoms with van der Waals surface area (Å²) in [4.78, 5) is 13.2. The highest BCUT2D eigenvalue weighted by molar-refractivity contribution is 7.89. The minimum absolute atomic E-state index is 0.00425. The van der Waals surface area contributed by atoms with Gasteiger partial charge in [0.1, 0.15) is 6.04 Å². The summed E-state index contributed by atoms with van der Waals surface area (Å²) < 4.78 is 55.3. The van der Waals surface area contributed by atoms with Gasteiger partial charge in [-0.15, -0.1) is 0 Å². The van der Waals surface area contributed by atoms with Crippen LogP contribution in [0.25, 0.3) is 0 Å². The summed E-state index contributed by atoms with van der Waals surface area (Å²) in [6, 6.07) is 20.9. The number of hydrazone groups is 1. The second kappa shape index (κ2) is 10.9. The minimum Gasteiger partial charge on any atom is -0.271 e. The van der Waals surface area contributed by atoms with Gasteiger partial charge in [-0.2, -0.15) is 13.7 Å². The molecular formula is C24H23ClN4O5S2. The lowest BCUT2D eigenvalue weighted by molar-refractivity contribution is -0.125. The van der Waals surface area contributed by atoms with E-state index in [1.807, 2.05) is 0 Å². The zero-order chi connectivity index (χ0) is 25.8. The van der Waals surface area contributed by atoms with Gasteiger partial charge in [-0.05, 0) is 42.0 Å². The smallest absolute Gasteiger partial charge is 0.259 e. The van der Waals surface area contributed by atoms with E-state index in [1.165, 1.54) is 30.5 Å². The zero-order valence-electron chi connectivity index (χ0n) is 18.9. The Kier molecular flexibility index (Phi) is 7.86. The van der Waals surface area contributed by atoms with E-state index < -0.39 is 32.0 Å². The number of hydrogen-bond acceptors (Lipinski definition) is 6. The van der Waals surface area contributed by atoms with Gasteiger partial charge in [-0.3, -0.25) is 4.79 Å². The normalized spacial score (nSPS) is 17.8. The molecule has 3 aromatic carbocycles. The molecule has 3 aromatic rings. The molecule has 1 amide bonds. The number of carbonyl (C=O) groups excluding carboxylic acids is 1. The van der Waals surface area contributed by atoms with Gasteiger partial charge in [0, 0.05) is 24.7 Å². The van der Waals surface area contributed by atoms with Gasteiger partial charge in [-0.25, -0.2) is 22.3 Å². The lowest BCUT2D eigenvalue weighted by atomic mass is 10.2. The highest BCUT2D eigenvalue weighted by atomic mass is 35.5. The van der Waals surface area contributed by atoms with Crippen molar-refractivity contribution < 1.29 is 21.6 Å². The third kappa shape index (κ3) is 5.66. The number of carbonyl (C=O) groups is 1. The standard InChI is InChI=1S/C24H23ClN4O5S2/c25-20-9-7-8-19(16-20)17-26-27-24(30)23-18-28(35(31,32)21-10-3-1-4-11-21)14-15-29(23)36(33,34)22-12-5-2-6-13-22/h1-13,16-17,23H,14-15,18H2,(H,27,30)/b26-17+/t23-/m1/s1. The molecule has 1 saturated heterocycles.